The Balaban J connectivity index is 1.43. The van der Waals surface area contributed by atoms with Gasteiger partial charge in [0.2, 0.25) is 0 Å². The average molecular weight is 606 g/mol. The van der Waals surface area contributed by atoms with Crippen LogP contribution in [-0.4, -0.2) is 42.9 Å². The number of anilines is 1. The van der Waals surface area contributed by atoms with Crippen LogP contribution in [0.4, 0.5) is 27.6 Å². The lowest BCUT2D eigenvalue weighted by Crippen LogP contribution is -2.58. The van der Waals surface area contributed by atoms with E-state index in [-0.39, 0.29) is 23.2 Å². The van der Waals surface area contributed by atoms with Gasteiger partial charge < -0.3 is 14.1 Å². The van der Waals surface area contributed by atoms with Crippen molar-refractivity contribution in [1.82, 2.24) is 9.97 Å². The molecule has 1 saturated carbocycles. The quantitative estimate of drug-likeness (QED) is 0.202. The molecule has 6 nitrogen and oxygen atoms in total. The van der Waals surface area contributed by atoms with Crippen molar-refractivity contribution in [2.45, 2.75) is 76.0 Å². The minimum Gasteiger partial charge on any atom is -0.483 e. The highest BCUT2D eigenvalue weighted by Crippen LogP contribution is 2.57. The Morgan fingerprint density at radius 1 is 0.976 bits per heavy atom. The van der Waals surface area contributed by atoms with Crippen LogP contribution in [0, 0.1) is 0 Å². The normalized spacial score (nSPS) is 18.0. The first-order chi connectivity index (χ1) is 19.4. The van der Waals surface area contributed by atoms with E-state index in [2.05, 4.69) is 9.97 Å². The van der Waals surface area contributed by atoms with Crippen molar-refractivity contribution >= 4 is 19.9 Å². The van der Waals surface area contributed by atoms with Gasteiger partial charge in [-0.15, -0.1) is 0 Å². The van der Waals surface area contributed by atoms with Crippen molar-refractivity contribution in [2.75, 3.05) is 11.5 Å². The van der Waals surface area contributed by atoms with Crippen molar-refractivity contribution in [3.63, 3.8) is 0 Å². The van der Waals surface area contributed by atoms with Crippen LogP contribution >= 0.6 is 0 Å². The largest absolute Gasteiger partial charge is 0.483 e. The van der Waals surface area contributed by atoms with E-state index in [4.69, 9.17) is 9.16 Å². The van der Waals surface area contributed by atoms with Gasteiger partial charge in [-0.05, 0) is 48.5 Å². The molecule has 3 aromatic rings. The van der Waals surface area contributed by atoms with Crippen LogP contribution < -0.4 is 9.64 Å². The van der Waals surface area contributed by atoms with E-state index in [0.717, 1.165) is 0 Å². The molecule has 0 radical (unpaired) electrons. The van der Waals surface area contributed by atoms with Gasteiger partial charge in [0.15, 0.2) is 14.9 Å². The number of rotatable bonds is 7. The lowest BCUT2D eigenvalue weighted by molar-refractivity contribution is -0.204. The van der Waals surface area contributed by atoms with E-state index in [1.54, 1.807) is 36.4 Å². The summed E-state index contributed by atoms with van der Waals surface area (Å²) in [5.41, 5.74) is 1.18. The molecule has 1 aliphatic carbocycles. The third-order valence-electron chi connectivity index (χ3n) is 8.25. The van der Waals surface area contributed by atoms with Crippen molar-refractivity contribution in [3.05, 3.63) is 71.7 Å². The number of hydrogen-bond donors (Lipinski definition) is 0. The predicted octanol–water partition coefficient (Wildman–Crippen LogP) is 7.89. The van der Waals surface area contributed by atoms with Gasteiger partial charge in [-0.25, -0.2) is 8.78 Å². The Morgan fingerprint density at radius 3 is 2.26 bits per heavy atom. The number of carbonyl (C=O) groups excluding carboxylic acids is 1. The number of halogens is 5. The summed E-state index contributed by atoms with van der Waals surface area (Å²) in [6.45, 7) is 8.78. The second-order valence-electron chi connectivity index (χ2n) is 12.4. The lowest BCUT2D eigenvalue weighted by Gasteiger charge is -2.52. The van der Waals surface area contributed by atoms with Gasteiger partial charge in [0.05, 0.1) is 29.8 Å². The van der Waals surface area contributed by atoms with Gasteiger partial charge in [-0.3, -0.25) is 14.8 Å². The number of aromatic nitrogens is 2. The predicted molar refractivity (Wildman–Crippen MR) is 150 cm³/mol. The second kappa shape index (κ2) is 10.1. The molecule has 224 valence electrons. The van der Waals surface area contributed by atoms with E-state index in [1.165, 1.54) is 23.4 Å². The standard InChI is InChI=1S/C30H32F5N3O3Si/c1-27(2,3)42(4,5)41-28(16-29(31,32)17-28)24-11-10-19(14-37-24)38-15-22-20(26(38)39)12-13-36-25(22)21-8-6-7-9-23(21)40-18-30(33,34)35/h6-14H,15-18H2,1-5H3. The minimum absolute atomic E-state index is 0.00280. The molecule has 0 atom stereocenters. The number of hydrogen-bond acceptors (Lipinski definition) is 5. The average Bonchev–Trinajstić information content (AvgIpc) is 3.22. The number of pyridine rings is 2. The van der Waals surface area contributed by atoms with Gasteiger partial charge in [0.1, 0.15) is 11.4 Å². The van der Waals surface area contributed by atoms with E-state index in [9.17, 15) is 26.7 Å². The fourth-order valence-electron chi connectivity index (χ4n) is 5.16. The van der Waals surface area contributed by atoms with Crippen LogP contribution in [-0.2, 0) is 16.6 Å². The highest BCUT2D eigenvalue weighted by atomic mass is 28.4. The molecule has 42 heavy (non-hydrogen) atoms. The van der Waals surface area contributed by atoms with Gasteiger partial charge in [0, 0.05) is 35.7 Å². The van der Waals surface area contributed by atoms with Crippen molar-refractivity contribution < 1.29 is 35.9 Å². The zero-order valence-electron chi connectivity index (χ0n) is 24.0. The van der Waals surface area contributed by atoms with Gasteiger partial charge in [-0.1, -0.05) is 32.9 Å². The molecular weight excluding hydrogens is 573 g/mol. The Kier molecular flexibility index (Phi) is 7.25. The third kappa shape index (κ3) is 5.66. The number of benzene rings is 1. The molecule has 1 fully saturated rings. The Hall–Kier alpha value is -3.38. The maximum absolute atomic E-state index is 14.2. The van der Waals surface area contributed by atoms with Crippen LogP contribution in [0.1, 0.15) is 55.2 Å². The van der Waals surface area contributed by atoms with Gasteiger partial charge in [-0.2, -0.15) is 13.2 Å². The number of alkyl halides is 5. The van der Waals surface area contributed by atoms with Crippen LogP contribution in [0.15, 0.2) is 54.9 Å². The van der Waals surface area contributed by atoms with Crippen LogP contribution in [0.3, 0.4) is 0 Å². The molecular formula is C30H32F5N3O3Si. The molecule has 0 N–H and O–H groups in total. The van der Waals surface area contributed by atoms with Crippen LogP contribution in [0.25, 0.3) is 11.3 Å². The van der Waals surface area contributed by atoms with Gasteiger partial charge >= 0.3 is 6.18 Å². The molecule has 1 amide bonds. The summed E-state index contributed by atoms with van der Waals surface area (Å²) >= 11 is 0. The fraction of sp³-hybridized carbons (Fsp3) is 0.433. The molecule has 0 spiro atoms. The van der Waals surface area contributed by atoms with E-state index >= 15 is 0 Å². The molecule has 1 aromatic carbocycles. The van der Waals surface area contributed by atoms with Gasteiger partial charge in [0.25, 0.3) is 11.8 Å². The highest BCUT2D eigenvalue weighted by molar-refractivity contribution is 6.74. The molecule has 1 aliphatic heterocycles. The smallest absolute Gasteiger partial charge is 0.422 e. The Morgan fingerprint density at radius 2 is 1.67 bits per heavy atom. The first-order valence-electron chi connectivity index (χ1n) is 13.5. The van der Waals surface area contributed by atoms with E-state index < -0.39 is 45.5 Å². The molecule has 2 aromatic heterocycles. The third-order valence-corrected chi connectivity index (χ3v) is 12.8. The number of ether oxygens (including phenoxy) is 1. The topological polar surface area (TPSA) is 64.6 Å². The monoisotopic (exact) mass is 605 g/mol. The highest BCUT2D eigenvalue weighted by Gasteiger charge is 2.62. The summed E-state index contributed by atoms with van der Waals surface area (Å²) in [4.78, 5) is 23.8. The molecule has 2 aliphatic rings. The summed E-state index contributed by atoms with van der Waals surface area (Å²) in [6.07, 6.45) is -2.54. The number of fused-ring (bicyclic) bond motifs is 1. The number of carbonyl (C=O) groups is 1. The van der Waals surface area contributed by atoms with E-state index in [1.807, 2.05) is 33.9 Å². The fourth-order valence-corrected chi connectivity index (χ4v) is 6.69. The SMILES string of the molecule is CC(C)(C)[Si](C)(C)OC1(c2ccc(N3Cc4c(ccnc4-c4ccccc4OCC(F)(F)F)C3=O)cn2)CC(F)(F)C1. The zero-order valence-corrected chi connectivity index (χ0v) is 25.0. The maximum atomic E-state index is 14.2. The Labute approximate surface area is 242 Å². The molecule has 0 saturated heterocycles. The van der Waals surface area contributed by atoms with Crippen molar-refractivity contribution in [3.8, 4) is 17.0 Å². The van der Waals surface area contributed by atoms with E-state index in [0.29, 0.717) is 33.8 Å². The first kappa shape index (κ1) is 30.1. The summed E-state index contributed by atoms with van der Waals surface area (Å²) < 4.78 is 78.5. The van der Waals surface area contributed by atoms with Crippen LogP contribution in [0.5, 0.6) is 5.75 Å². The molecule has 12 heteroatoms. The molecule has 0 unspecified atom stereocenters. The lowest BCUT2D eigenvalue weighted by atomic mass is 9.74. The molecule has 5 rings (SSSR count). The Bertz CT molecular complexity index is 1500. The van der Waals surface area contributed by atoms with Crippen molar-refractivity contribution in [1.29, 1.82) is 0 Å². The maximum Gasteiger partial charge on any atom is 0.422 e. The number of nitrogens with zero attached hydrogens (tertiary/aromatic N) is 3. The summed E-state index contributed by atoms with van der Waals surface area (Å²) in [5, 5.41) is -0.194. The summed E-state index contributed by atoms with van der Waals surface area (Å²) in [7, 11) is -2.43. The molecule has 3 heterocycles. The number of para-hydroxylation sites is 1. The van der Waals surface area contributed by atoms with Crippen LogP contribution in [0.2, 0.25) is 18.1 Å². The summed E-state index contributed by atoms with van der Waals surface area (Å²) in [6, 6.07) is 11.1. The zero-order chi connectivity index (χ0) is 30.7. The second-order valence-corrected chi connectivity index (χ2v) is 17.2. The van der Waals surface area contributed by atoms with Crippen molar-refractivity contribution in [2.24, 2.45) is 0 Å². The summed E-state index contributed by atoms with van der Waals surface area (Å²) in [5.74, 6) is -3.19. The first-order valence-corrected chi connectivity index (χ1v) is 16.5. The molecule has 0 bridgehead atoms. The number of amides is 1. The minimum atomic E-state index is -4.52.